The number of hydrogen-bond donors (Lipinski definition) is 1. The lowest BCUT2D eigenvalue weighted by molar-refractivity contribution is -0.120. The molecule has 1 aliphatic heterocycles. The smallest absolute Gasteiger partial charge is 0.221 e. The summed E-state index contributed by atoms with van der Waals surface area (Å²) in [5.41, 5.74) is 5.87. The van der Waals surface area contributed by atoms with E-state index in [0.29, 0.717) is 17.9 Å². The number of primary amides is 1. The fourth-order valence-electron chi connectivity index (χ4n) is 3.75. The van der Waals surface area contributed by atoms with Gasteiger partial charge in [0.25, 0.3) is 0 Å². The maximum absolute atomic E-state index is 11.4. The van der Waals surface area contributed by atoms with Crippen molar-refractivity contribution >= 4 is 5.91 Å². The molecule has 1 unspecified atom stereocenters. The second-order valence-corrected chi connectivity index (χ2v) is 7.80. The number of fused-ring (bicyclic) bond motifs is 1. The summed E-state index contributed by atoms with van der Waals surface area (Å²) in [6, 6.07) is 0.477. The lowest BCUT2D eigenvalue weighted by atomic mass is 9.81. The summed E-state index contributed by atoms with van der Waals surface area (Å²) >= 11 is 0. The highest BCUT2D eigenvalue weighted by atomic mass is 16.1. The Bertz CT molecular complexity index is 337. The van der Waals surface area contributed by atoms with Gasteiger partial charge in [0.15, 0.2) is 0 Å². The van der Waals surface area contributed by atoms with Gasteiger partial charge in [-0.2, -0.15) is 0 Å². The Labute approximate surface area is 105 Å². The summed E-state index contributed by atoms with van der Waals surface area (Å²) in [5, 5.41) is 0. The molecule has 1 heterocycles. The number of piperidine rings is 1. The maximum Gasteiger partial charge on any atom is 0.221 e. The van der Waals surface area contributed by atoms with Crippen molar-refractivity contribution in [1.29, 1.82) is 0 Å². The molecule has 2 aliphatic rings. The number of hydrogen-bond acceptors (Lipinski definition) is 2. The van der Waals surface area contributed by atoms with Crippen molar-refractivity contribution in [2.45, 2.75) is 53.1 Å². The van der Waals surface area contributed by atoms with Crippen LogP contribution < -0.4 is 5.73 Å². The van der Waals surface area contributed by atoms with Crippen LogP contribution in [0.1, 0.15) is 41.5 Å². The van der Waals surface area contributed by atoms with Gasteiger partial charge in [-0.15, -0.1) is 0 Å². The number of nitrogens with two attached hydrogens (primary N) is 1. The normalized spacial score (nSPS) is 38.0. The van der Waals surface area contributed by atoms with E-state index in [1.807, 2.05) is 0 Å². The van der Waals surface area contributed by atoms with Crippen molar-refractivity contribution < 1.29 is 4.79 Å². The molecule has 1 saturated carbocycles. The van der Waals surface area contributed by atoms with Crippen LogP contribution >= 0.6 is 0 Å². The molecule has 0 aromatic rings. The van der Waals surface area contributed by atoms with Crippen LogP contribution in [-0.4, -0.2) is 28.9 Å². The fourth-order valence-corrected chi connectivity index (χ4v) is 3.75. The molecule has 3 nitrogen and oxygen atoms in total. The Hall–Kier alpha value is -0.570. The van der Waals surface area contributed by atoms with E-state index in [1.54, 1.807) is 0 Å². The molecular weight excluding hydrogens is 212 g/mol. The quantitative estimate of drug-likeness (QED) is 0.758. The standard InChI is InChI=1S/C14H26N2O/c1-13(2,3)11-9-8(10(9)12(15)17)7-16(11)14(4,5)6/h8-11H,7H2,1-6H3,(H2,15,17)/t8-,9+,10+,11?/m1/s1. The number of carbonyl (C=O) groups is 1. The van der Waals surface area contributed by atoms with Gasteiger partial charge in [-0.25, -0.2) is 0 Å². The molecular formula is C14H26N2O. The highest BCUT2D eigenvalue weighted by Gasteiger charge is 2.66. The van der Waals surface area contributed by atoms with Crippen LogP contribution in [-0.2, 0) is 4.79 Å². The molecule has 0 radical (unpaired) electrons. The van der Waals surface area contributed by atoms with E-state index < -0.39 is 0 Å². The van der Waals surface area contributed by atoms with Crippen LogP contribution in [0.2, 0.25) is 0 Å². The van der Waals surface area contributed by atoms with Crippen molar-refractivity contribution in [3.05, 3.63) is 0 Å². The molecule has 1 aliphatic carbocycles. The van der Waals surface area contributed by atoms with Crippen LogP contribution in [0, 0.1) is 23.2 Å². The van der Waals surface area contributed by atoms with Crippen LogP contribution in [0.15, 0.2) is 0 Å². The highest BCUT2D eigenvalue weighted by molar-refractivity contribution is 5.81. The first-order chi connectivity index (χ1) is 7.55. The molecule has 17 heavy (non-hydrogen) atoms. The van der Waals surface area contributed by atoms with Gasteiger partial charge >= 0.3 is 0 Å². The summed E-state index contributed by atoms with van der Waals surface area (Å²) in [5.74, 6) is 1.04. The molecule has 3 heteroatoms. The number of rotatable bonds is 1. The minimum Gasteiger partial charge on any atom is -0.369 e. The summed E-state index contributed by atoms with van der Waals surface area (Å²) in [6.07, 6.45) is 0. The van der Waals surface area contributed by atoms with E-state index in [9.17, 15) is 4.79 Å². The second-order valence-electron chi connectivity index (χ2n) is 7.80. The molecule has 0 spiro atoms. The molecule has 0 bridgehead atoms. The molecule has 4 atom stereocenters. The van der Waals surface area contributed by atoms with Crippen molar-refractivity contribution in [2.24, 2.45) is 28.9 Å². The Balaban J connectivity index is 2.24. The maximum atomic E-state index is 11.4. The molecule has 0 aromatic carbocycles. The first kappa shape index (κ1) is 12.9. The third kappa shape index (κ3) is 1.99. The van der Waals surface area contributed by atoms with E-state index in [1.165, 1.54) is 0 Å². The van der Waals surface area contributed by atoms with Gasteiger partial charge in [-0.3, -0.25) is 9.69 Å². The van der Waals surface area contributed by atoms with Gasteiger partial charge in [-0.1, -0.05) is 20.8 Å². The van der Waals surface area contributed by atoms with E-state index in [-0.39, 0.29) is 22.8 Å². The Morgan fingerprint density at radius 2 is 1.71 bits per heavy atom. The zero-order chi connectivity index (χ0) is 13.2. The summed E-state index contributed by atoms with van der Waals surface area (Å²) in [4.78, 5) is 14.0. The molecule has 2 rings (SSSR count). The van der Waals surface area contributed by atoms with Crippen LogP contribution in [0.3, 0.4) is 0 Å². The van der Waals surface area contributed by atoms with Gasteiger partial charge in [0.05, 0.1) is 0 Å². The number of amides is 1. The third-order valence-corrected chi connectivity index (χ3v) is 4.41. The number of carbonyl (C=O) groups excluding carboxylic acids is 1. The Morgan fingerprint density at radius 3 is 2.06 bits per heavy atom. The van der Waals surface area contributed by atoms with E-state index in [2.05, 4.69) is 46.4 Å². The van der Waals surface area contributed by atoms with Crippen LogP contribution in [0.4, 0.5) is 0 Å². The molecule has 2 fully saturated rings. The van der Waals surface area contributed by atoms with Crippen molar-refractivity contribution in [1.82, 2.24) is 4.90 Å². The number of likely N-dealkylation sites (tertiary alicyclic amines) is 1. The van der Waals surface area contributed by atoms with Crippen molar-refractivity contribution in [3.63, 3.8) is 0 Å². The average Bonchev–Trinajstić information content (AvgIpc) is 2.62. The predicted molar refractivity (Wildman–Crippen MR) is 69.4 cm³/mol. The van der Waals surface area contributed by atoms with Gasteiger partial charge in [0, 0.05) is 24.0 Å². The first-order valence-corrected chi connectivity index (χ1v) is 6.61. The molecule has 2 N–H and O–H groups in total. The second kappa shape index (κ2) is 3.47. The van der Waals surface area contributed by atoms with Gasteiger partial charge in [0.2, 0.25) is 5.91 Å². The fraction of sp³-hybridized carbons (Fsp3) is 0.929. The molecule has 1 amide bonds. The van der Waals surface area contributed by atoms with Crippen molar-refractivity contribution in [2.75, 3.05) is 6.54 Å². The average molecular weight is 238 g/mol. The zero-order valence-corrected chi connectivity index (χ0v) is 11.9. The minimum absolute atomic E-state index is 0.0946. The zero-order valence-electron chi connectivity index (χ0n) is 11.9. The minimum atomic E-state index is -0.0946. The largest absolute Gasteiger partial charge is 0.369 e. The number of nitrogens with zero attached hydrogens (tertiary/aromatic N) is 1. The molecule has 0 aromatic heterocycles. The molecule has 98 valence electrons. The van der Waals surface area contributed by atoms with Gasteiger partial charge < -0.3 is 5.73 Å². The summed E-state index contributed by atoms with van der Waals surface area (Å²) < 4.78 is 0. The summed E-state index contributed by atoms with van der Waals surface area (Å²) in [7, 11) is 0. The lowest BCUT2D eigenvalue weighted by Gasteiger charge is -2.45. The van der Waals surface area contributed by atoms with Crippen LogP contribution in [0.5, 0.6) is 0 Å². The Kier molecular flexibility index (Phi) is 2.63. The topological polar surface area (TPSA) is 46.3 Å². The third-order valence-electron chi connectivity index (χ3n) is 4.41. The lowest BCUT2D eigenvalue weighted by Crippen LogP contribution is -2.53. The Morgan fingerprint density at radius 1 is 1.18 bits per heavy atom. The highest BCUT2D eigenvalue weighted by Crippen LogP contribution is 2.60. The SMILES string of the molecule is CC(C)(C)C1[C@H]2[C@@H](CN1C(C)(C)C)[C@@H]2C(N)=O. The monoisotopic (exact) mass is 238 g/mol. The van der Waals surface area contributed by atoms with E-state index >= 15 is 0 Å². The van der Waals surface area contributed by atoms with Crippen molar-refractivity contribution in [3.8, 4) is 0 Å². The van der Waals surface area contributed by atoms with Crippen LogP contribution in [0.25, 0.3) is 0 Å². The van der Waals surface area contributed by atoms with Gasteiger partial charge in [-0.05, 0) is 38.0 Å². The van der Waals surface area contributed by atoms with Gasteiger partial charge in [0.1, 0.15) is 0 Å². The summed E-state index contributed by atoms with van der Waals surface area (Å²) in [6.45, 7) is 14.6. The first-order valence-electron chi connectivity index (χ1n) is 6.61. The molecule has 1 saturated heterocycles. The van der Waals surface area contributed by atoms with E-state index in [4.69, 9.17) is 5.73 Å². The van der Waals surface area contributed by atoms with E-state index in [0.717, 1.165) is 6.54 Å². The predicted octanol–water partition coefficient (Wildman–Crippen LogP) is 1.86.